The molecular formula is C18H19N3O2. The van der Waals surface area contributed by atoms with E-state index in [1.54, 1.807) is 5.48 Å². The number of aromatic nitrogens is 2. The number of aryl methyl sites for hydroxylation is 1. The number of para-hydroxylation sites is 2. The first kappa shape index (κ1) is 15.2. The Balaban J connectivity index is 1.74. The highest BCUT2D eigenvalue weighted by Crippen LogP contribution is 2.24. The van der Waals surface area contributed by atoms with Crippen LogP contribution < -0.4 is 5.48 Å². The molecule has 1 aromatic heterocycles. The highest BCUT2D eigenvalue weighted by molar-refractivity contribution is 5.75. The molecule has 0 aliphatic carbocycles. The molecule has 3 aromatic rings. The first-order valence-electron chi connectivity index (χ1n) is 7.64. The van der Waals surface area contributed by atoms with Crippen molar-refractivity contribution >= 4 is 16.9 Å². The van der Waals surface area contributed by atoms with Crippen molar-refractivity contribution in [1.82, 2.24) is 15.4 Å². The summed E-state index contributed by atoms with van der Waals surface area (Å²) in [6, 6.07) is 16.1. The number of carbonyl (C=O) groups excluding carboxylic acids is 1. The molecule has 0 spiro atoms. The van der Waals surface area contributed by atoms with Crippen molar-refractivity contribution in [1.29, 1.82) is 0 Å². The van der Waals surface area contributed by atoms with Crippen molar-refractivity contribution in [2.45, 2.75) is 25.7 Å². The van der Waals surface area contributed by atoms with Crippen molar-refractivity contribution < 1.29 is 10.0 Å². The number of nitrogens with one attached hydrogen (secondary N) is 2. The molecule has 1 amide bonds. The van der Waals surface area contributed by atoms with Crippen LogP contribution in [0.1, 0.15) is 36.2 Å². The number of benzene rings is 2. The molecule has 1 heterocycles. The van der Waals surface area contributed by atoms with Crippen LogP contribution in [0.3, 0.4) is 0 Å². The average Bonchev–Trinajstić information content (AvgIpc) is 3.03. The second-order valence-electron chi connectivity index (χ2n) is 5.64. The minimum Gasteiger partial charge on any atom is -0.341 e. The zero-order valence-corrected chi connectivity index (χ0v) is 12.9. The molecule has 23 heavy (non-hydrogen) atoms. The van der Waals surface area contributed by atoms with Crippen molar-refractivity contribution in [2.75, 3.05) is 0 Å². The SMILES string of the molecule is C[C@H](c1ccc(CCC(=O)NO)cc1)c1nc2ccccc2[nH]1. The first-order valence-corrected chi connectivity index (χ1v) is 7.64. The van der Waals surface area contributed by atoms with Gasteiger partial charge in [0, 0.05) is 12.3 Å². The normalized spacial score (nSPS) is 12.3. The molecular weight excluding hydrogens is 290 g/mol. The van der Waals surface area contributed by atoms with Crippen molar-refractivity contribution in [3.05, 3.63) is 65.5 Å². The Kier molecular flexibility index (Phi) is 4.39. The molecule has 3 N–H and O–H groups in total. The van der Waals surface area contributed by atoms with Crippen molar-refractivity contribution in [3.63, 3.8) is 0 Å². The smallest absolute Gasteiger partial charge is 0.243 e. The van der Waals surface area contributed by atoms with Crippen LogP contribution in [0.2, 0.25) is 0 Å². The molecule has 0 radical (unpaired) electrons. The van der Waals surface area contributed by atoms with Gasteiger partial charge in [0.15, 0.2) is 0 Å². The molecule has 1 atom stereocenters. The predicted octanol–water partition coefficient (Wildman–Crippen LogP) is 3.15. The van der Waals surface area contributed by atoms with Gasteiger partial charge in [-0.3, -0.25) is 10.0 Å². The van der Waals surface area contributed by atoms with E-state index in [2.05, 4.69) is 29.0 Å². The number of hydroxylamine groups is 1. The maximum absolute atomic E-state index is 11.1. The van der Waals surface area contributed by atoms with Crippen LogP contribution in [0.15, 0.2) is 48.5 Å². The molecule has 5 nitrogen and oxygen atoms in total. The summed E-state index contributed by atoms with van der Waals surface area (Å²) in [6.07, 6.45) is 0.876. The van der Waals surface area contributed by atoms with Crippen LogP contribution in [0.25, 0.3) is 11.0 Å². The van der Waals surface area contributed by atoms with Crippen molar-refractivity contribution in [2.24, 2.45) is 0 Å². The second-order valence-corrected chi connectivity index (χ2v) is 5.64. The van der Waals surface area contributed by atoms with Crippen LogP contribution in [0, 0.1) is 0 Å². The maximum Gasteiger partial charge on any atom is 0.243 e. The summed E-state index contributed by atoms with van der Waals surface area (Å²) in [6.45, 7) is 2.12. The maximum atomic E-state index is 11.1. The van der Waals surface area contributed by atoms with Gasteiger partial charge in [0.05, 0.1) is 11.0 Å². The molecule has 0 aliphatic rings. The van der Waals surface area contributed by atoms with Crippen molar-refractivity contribution in [3.8, 4) is 0 Å². The number of carbonyl (C=O) groups is 1. The number of aromatic amines is 1. The molecule has 2 aromatic carbocycles. The van der Waals surface area contributed by atoms with Crippen LogP contribution >= 0.6 is 0 Å². The quantitative estimate of drug-likeness (QED) is 0.500. The Hall–Kier alpha value is -2.66. The lowest BCUT2D eigenvalue weighted by atomic mass is 9.98. The minimum absolute atomic E-state index is 0.164. The molecule has 0 aliphatic heterocycles. The van der Waals surface area contributed by atoms with E-state index in [0.717, 1.165) is 22.4 Å². The number of rotatable bonds is 5. The van der Waals surface area contributed by atoms with Gasteiger partial charge in [0.2, 0.25) is 5.91 Å². The van der Waals surface area contributed by atoms with Gasteiger partial charge >= 0.3 is 0 Å². The number of imidazole rings is 1. The van der Waals surface area contributed by atoms with E-state index in [4.69, 9.17) is 5.21 Å². The fraction of sp³-hybridized carbons (Fsp3) is 0.222. The van der Waals surface area contributed by atoms with E-state index in [1.807, 2.05) is 36.4 Å². The van der Waals surface area contributed by atoms with Crippen LogP contribution in [0.5, 0.6) is 0 Å². The summed E-state index contributed by atoms with van der Waals surface area (Å²) in [4.78, 5) is 19.1. The van der Waals surface area contributed by atoms with E-state index in [-0.39, 0.29) is 18.2 Å². The lowest BCUT2D eigenvalue weighted by molar-refractivity contribution is -0.129. The topological polar surface area (TPSA) is 78.0 Å². The zero-order valence-electron chi connectivity index (χ0n) is 12.9. The summed E-state index contributed by atoms with van der Waals surface area (Å²) in [5.41, 5.74) is 5.89. The Morgan fingerprint density at radius 3 is 2.65 bits per heavy atom. The van der Waals surface area contributed by atoms with E-state index in [9.17, 15) is 4.79 Å². The van der Waals surface area contributed by atoms with Crippen LogP contribution in [0.4, 0.5) is 0 Å². The lowest BCUT2D eigenvalue weighted by Gasteiger charge is -2.10. The average molecular weight is 309 g/mol. The monoisotopic (exact) mass is 309 g/mol. The van der Waals surface area contributed by atoms with Gasteiger partial charge in [-0.25, -0.2) is 10.5 Å². The lowest BCUT2D eigenvalue weighted by Crippen LogP contribution is -2.18. The van der Waals surface area contributed by atoms with Gasteiger partial charge in [0.1, 0.15) is 5.82 Å². The zero-order chi connectivity index (χ0) is 16.2. The number of hydrogen-bond donors (Lipinski definition) is 3. The number of amides is 1. The molecule has 0 unspecified atom stereocenters. The Bertz CT molecular complexity index is 776. The number of nitrogens with zero attached hydrogens (tertiary/aromatic N) is 1. The number of fused-ring (bicyclic) bond motifs is 1. The Labute approximate surface area is 134 Å². The molecule has 3 rings (SSSR count). The Morgan fingerprint density at radius 1 is 1.22 bits per heavy atom. The predicted molar refractivity (Wildman–Crippen MR) is 88.3 cm³/mol. The second kappa shape index (κ2) is 6.62. The van der Waals surface area contributed by atoms with Gasteiger partial charge in [0.25, 0.3) is 0 Å². The van der Waals surface area contributed by atoms with Gasteiger partial charge in [-0.15, -0.1) is 0 Å². The molecule has 5 heteroatoms. The number of hydrogen-bond acceptors (Lipinski definition) is 3. The third-order valence-electron chi connectivity index (χ3n) is 4.06. The number of H-pyrrole nitrogens is 1. The fourth-order valence-electron chi connectivity index (χ4n) is 2.62. The summed E-state index contributed by atoms with van der Waals surface area (Å²) in [5.74, 6) is 0.737. The molecule has 0 fully saturated rings. The molecule has 0 saturated carbocycles. The summed E-state index contributed by atoms with van der Waals surface area (Å²) in [5, 5.41) is 8.51. The standard InChI is InChI=1S/C18H19N3O2/c1-12(18-19-15-4-2-3-5-16(15)20-18)14-9-6-13(7-10-14)8-11-17(22)21-23/h2-7,9-10,12,23H,8,11H2,1H3,(H,19,20)(H,21,22)/t12-/m1/s1. The summed E-state index contributed by atoms with van der Waals surface area (Å²) in [7, 11) is 0. The minimum atomic E-state index is -0.371. The van der Waals surface area contributed by atoms with E-state index in [0.29, 0.717) is 6.42 Å². The highest BCUT2D eigenvalue weighted by Gasteiger charge is 2.13. The summed E-state index contributed by atoms with van der Waals surface area (Å²) < 4.78 is 0. The first-order chi connectivity index (χ1) is 11.2. The third-order valence-corrected chi connectivity index (χ3v) is 4.06. The summed E-state index contributed by atoms with van der Waals surface area (Å²) >= 11 is 0. The van der Waals surface area contributed by atoms with E-state index < -0.39 is 0 Å². The molecule has 0 bridgehead atoms. The molecule has 0 saturated heterocycles. The van der Waals surface area contributed by atoms with Gasteiger partial charge in [-0.05, 0) is 29.7 Å². The van der Waals surface area contributed by atoms with Crippen LogP contribution in [-0.4, -0.2) is 21.1 Å². The third kappa shape index (κ3) is 3.40. The van der Waals surface area contributed by atoms with Crippen LogP contribution in [-0.2, 0) is 11.2 Å². The fourth-order valence-corrected chi connectivity index (χ4v) is 2.62. The molecule has 118 valence electrons. The van der Waals surface area contributed by atoms with Gasteiger partial charge < -0.3 is 4.98 Å². The van der Waals surface area contributed by atoms with Gasteiger partial charge in [-0.2, -0.15) is 0 Å². The Morgan fingerprint density at radius 2 is 1.96 bits per heavy atom. The van der Waals surface area contributed by atoms with E-state index in [1.165, 1.54) is 5.56 Å². The van der Waals surface area contributed by atoms with Gasteiger partial charge in [-0.1, -0.05) is 43.3 Å². The van der Waals surface area contributed by atoms with E-state index >= 15 is 0 Å². The largest absolute Gasteiger partial charge is 0.341 e. The highest BCUT2D eigenvalue weighted by atomic mass is 16.5.